The average molecular weight is 228 g/mol. The van der Waals surface area contributed by atoms with Gasteiger partial charge in [-0.15, -0.1) is 0 Å². The molecular weight excluding hydrogens is 196 g/mol. The van der Waals surface area contributed by atoms with E-state index in [1.54, 1.807) is 0 Å². The maximum Gasteiger partial charge on any atom is 0.0122 e. The van der Waals surface area contributed by atoms with Crippen LogP contribution in [0, 0.1) is 0 Å². The van der Waals surface area contributed by atoms with Gasteiger partial charge in [0.1, 0.15) is 0 Å². The molecule has 2 fully saturated rings. The molecule has 0 aromatic carbocycles. The summed E-state index contributed by atoms with van der Waals surface area (Å²) in [5.41, 5.74) is 0. The van der Waals surface area contributed by atoms with Gasteiger partial charge < -0.3 is 5.32 Å². The van der Waals surface area contributed by atoms with E-state index in [0.717, 1.165) is 12.1 Å². The zero-order chi connectivity index (χ0) is 12.4. The number of likely N-dealkylation sites (tertiary alicyclic amines) is 1. The fourth-order valence-electron chi connectivity index (χ4n) is 2.64. The Hall–Kier alpha value is -0.0800. The number of nitrogens with one attached hydrogen (secondary N) is 1. The minimum absolute atomic E-state index is 0.855. The van der Waals surface area contributed by atoms with Crippen LogP contribution in [0.5, 0.6) is 0 Å². The average Bonchev–Trinajstić information content (AvgIpc) is 2.82. The molecule has 2 nitrogen and oxygen atoms in total. The molecule has 2 saturated heterocycles. The lowest BCUT2D eigenvalue weighted by Crippen LogP contribution is -2.44. The Morgan fingerprint density at radius 2 is 1.50 bits per heavy atom. The highest BCUT2D eigenvalue weighted by Crippen LogP contribution is 2.23. The summed E-state index contributed by atoms with van der Waals surface area (Å²) in [6.45, 7) is 14.2. The summed E-state index contributed by atoms with van der Waals surface area (Å²) < 4.78 is 0. The number of rotatable bonds is 1. The normalized spacial score (nSPS) is 26.4. The molecule has 0 bridgehead atoms. The van der Waals surface area contributed by atoms with Crippen molar-refractivity contribution in [3.63, 3.8) is 0 Å². The van der Waals surface area contributed by atoms with E-state index in [1.165, 1.54) is 45.3 Å². The van der Waals surface area contributed by atoms with E-state index >= 15 is 0 Å². The van der Waals surface area contributed by atoms with Crippen molar-refractivity contribution in [3.8, 4) is 0 Å². The Morgan fingerprint density at radius 1 is 0.938 bits per heavy atom. The molecular formula is C14H32N2. The van der Waals surface area contributed by atoms with E-state index in [2.05, 4.69) is 17.1 Å². The second-order valence-electron chi connectivity index (χ2n) is 4.21. The predicted molar refractivity (Wildman–Crippen MR) is 74.0 cm³/mol. The first kappa shape index (κ1) is 15.9. The van der Waals surface area contributed by atoms with Gasteiger partial charge in [0.25, 0.3) is 0 Å². The van der Waals surface area contributed by atoms with E-state index in [4.69, 9.17) is 0 Å². The fourth-order valence-corrected chi connectivity index (χ4v) is 2.64. The Bertz CT molecular complexity index is 142. The van der Waals surface area contributed by atoms with Crippen molar-refractivity contribution in [2.24, 2.45) is 0 Å². The molecule has 0 unspecified atom stereocenters. The maximum atomic E-state index is 3.43. The first-order chi connectivity index (χ1) is 7.88. The Kier molecular flexibility index (Phi) is 10.0. The molecule has 2 heteroatoms. The van der Waals surface area contributed by atoms with E-state index in [1.807, 2.05) is 27.7 Å². The molecule has 0 spiro atoms. The zero-order valence-corrected chi connectivity index (χ0v) is 12.1. The molecule has 2 aliphatic rings. The van der Waals surface area contributed by atoms with Gasteiger partial charge in [-0.3, -0.25) is 4.90 Å². The molecule has 0 radical (unpaired) electrons. The summed E-state index contributed by atoms with van der Waals surface area (Å²) in [6.07, 6.45) is 5.57. The third kappa shape index (κ3) is 4.84. The van der Waals surface area contributed by atoms with E-state index in [-0.39, 0.29) is 0 Å². The van der Waals surface area contributed by atoms with Crippen LogP contribution in [0.25, 0.3) is 0 Å². The Morgan fingerprint density at radius 3 is 1.94 bits per heavy atom. The van der Waals surface area contributed by atoms with Crippen molar-refractivity contribution in [2.75, 3.05) is 19.6 Å². The maximum absolute atomic E-state index is 3.43. The van der Waals surface area contributed by atoms with Crippen molar-refractivity contribution in [1.29, 1.82) is 0 Å². The largest absolute Gasteiger partial charge is 0.317 e. The highest BCUT2D eigenvalue weighted by Gasteiger charge is 2.28. The summed E-state index contributed by atoms with van der Waals surface area (Å²) in [5, 5.41) is 3.43. The van der Waals surface area contributed by atoms with Crippen LogP contribution in [0.15, 0.2) is 0 Å². The van der Waals surface area contributed by atoms with Gasteiger partial charge in [-0.25, -0.2) is 0 Å². The standard InChI is InChI=1S/C10H20N2.2C2H6/c1-9-3-2-8-12(9)10-4-6-11-7-5-10;2*1-2/h9-11H,2-8H2,1H3;2*1-2H3/t9-;;/m1../s1. The van der Waals surface area contributed by atoms with Crippen LogP contribution in [0.4, 0.5) is 0 Å². The van der Waals surface area contributed by atoms with Crippen molar-refractivity contribution in [3.05, 3.63) is 0 Å². The lowest BCUT2D eigenvalue weighted by atomic mass is 10.0. The molecule has 0 amide bonds. The van der Waals surface area contributed by atoms with Crippen LogP contribution in [-0.4, -0.2) is 36.6 Å². The summed E-state index contributed by atoms with van der Waals surface area (Å²) in [6, 6.07) is 1.75. The fraction of sp³-hybridized carbons (Fsp3) is 1.00. The Balaban J connectivity index is 0.000000509. The van der Waals surface area contributed by atoms with Gasteiger partial charge in [0.15, 0.2) is 0 Å². The van der Waals surface area contributed by atoms with E-state index < -0.39 is 0 Å². The van der Waals surface area contributed by atoms with Gasteiger partial charge in [-0.1, -0.05) is 27.7 Å². The van der Waals surface area contributed by atoms with E-state index in [0.29, 0.717) is 0 Å². The molecule has 16 heavy (non-hydrogen) atoms. The third-order valence-corrected chi connectivity index (χ3v) is 3.38. The van der Waals surface area contributed by atoms with Gasteiger partial charge in [-0.2, -0.15) is 0 Å². The topological polar surface area (TPSA) is 15.3 Å². The Labute approximate surface area is 103 Å². The first-order valence-electron chi connectivity index (χ1n) is 7.34. The summed E-state index contributed by atoms with van der Waals surface area (Å²) in [7, 11) is 0. The van der Waals surface area contributed by atoms with Crippen LogP contribution in [0.2, 0.25) is 0 Å². The first-order valence-corrected chi connectivity index (χ1v) is 7.34. The number of nitrogens with zero attached hydrogens (tertiary/aromatic N) is 1. The highest BCUT2D eigenvalue weighted by atomic mass is 15.2. The van der Waals surface area contributed by atoms with Crippen LogP contribution < -0.4 is 5.32 Å². The summed E-state index contributed by atoms with van der Waals surface area (Å²) in [5.74, 6) is 0. The molecule has 0 aliphatic carbocycles. The second-order valence-corrected chi connectivity index (χ2v) is 4.21. The summed E-state index contributed by atoms with van der Waals surface area (Å²) >= 11 is 0. The number of hydrogen-bond acceptors (Lipinski definition) is 2. The van der Waals surface area contributed by atoms with Crippen LogP contribution in [-0.2, 0) is 0 Å². The molecule has 0 aromatic heterocycles. The molecule has 0 saturated carbocycles. The molecule has 2 heterocycles. The number of hydrogen-bond donors (Lipinski definition) is 1. The lowest BCUT2D eigenvalue weighted by Gasteiger charge is -2.34. The van der Waals surface area contributed by atoms with Gasteiger partial charge in [0, 0.05) is 12.1 Å². The van der Waals surface area contributed by atoms with Gasteiger partial charge in [0.2, 0.25) is 0 Å². The molecule has 2 rings (SSSR count). The quantitative estimate of drug-likeness (QED) is 0.741. The minimum Gasteiger partial charge on any atom is -0.317 e. The third-order valence-electron chi connectivity index (χ3n) is 3.38. The molecule has 98 valence electrons. The van der Waals surface area contributed by atoms with Crippen molar-refractivity contribution >= 4 is 0 Å². The van der Waals surface area contributed by atoms with Crippen molar-refractivity contribution in [1.82, 2.24) is 10.2 Å². The number of piperidine rings is 1. The summed E-state index contributed by atoms with van der Waals surface area (Å²) in [4.78, 5) is 2.72. The molecule has 2 aliphatic heterocycles. The van der Waals surface area contributed by atoms with Gasteiger partial charge in [-0.05, 0) is 52.2 Å². The second kappa shape index (κ2) is 10.1. The zero-order valence-electron chi connectivity index (χ0n) is 12.1. The van der Waals surface area contributed by atoms with Crippen LogP contribution in [0.3, 0.4) is 0 Å². The van der Waals surface area contributed by atoms with Crippen molar-refractivity contribution < 1.29 is 0 Å². The highest BCUT2D eigenvalue weighted by molar-refractivity contribution is 4.84. The molecule has 0 aromatic rings. The molecule has 1 atom stereocenters. The molecule has 1 N–H and O–H groups in total. The lowest BCUT2D eigenvalue weighted by molar-refractivity contribution is 0.156. The minimum atomic E-state index is 0.855. The smallest absolute Gasteiger partial charge is 0.0122 e. The van der Waals surface area contributed by atoms with Crippen LogP contribution in [0.1, 0.15) is 60.3 Å². The predicted octanol–water partition coefficient (Wildman–Crippen LogP) is 3.28. The van der Waals surface area contributed by atoms with E-state index in [9.17, 15) is 0 Å². The van der Waals surface area contributed by atoms with Gasteiger partial charge >= 0.3 is 0 Å². The monoisotopic (exact) mass is 228 g/mol. The van der Waals surface area contributed by atoms with Crippen LogP contribution >= 0.6 is 0 Å². The van der Waals surface area contributed by atoms with Crippen molar-refractivity contribution in [2.45, 2.75) is 72.4 Å². The van der Waals surface area contributed by atoms with Gasteiger partial charge in [0.05, 0.1) is 0 Å². The SMILES string of the molecule is CC.CC.C[C@@H]1CCCN1C1CCNCC1.